The van der Waals surface area contributed by atoms with Crippen LogP contribution >= 0.6 is 0 Å². The van der Waals surface area contributed by atoms with E-state index >= 15 is 0 Å². The molecule has 1 fully saturated rings. The van der Waals surface area contributed by atoms with Gasteiger partial charge in [-0.3, -0.25) is 4.79 Å². The first-order chi connectivity index (χ1) is 12.6. The lowest BCUT2D eigenvalue weighted by atomic mass is 9.80. The van der Waals surface area contributed by atoms with Gasteiger partial charge >= 0.3 is 5.97 Å². The molecular formula is C19H25FN2O4S. The molecule has 148 valence electrons. The average molecular weight is 396 g/mol. The van der Waals surface area contributed by atoms with Gasteiger partial charge in [0, 0.05) is 29.7 Å². The van der Waals surface area contributed by atoms with E-state index in [1.165, 1.54) is 22.7 Å². The fourth-order valence-corrected chi connectivity index (χ4v) is 5.09. The fourth-order valence-electron chi connectivity index (χ4n) is 4.33. The molecule has 0 saturated heterocycles. The van der Waals surface area contributed by atoms with E-state index in [0.29, 0.717) is 0 Å². The lowest BCUT2D eigenvalue weighted by Gasteiger charge is -2.33. The van der Waals surface area contributed by atoms with Crippen molar-refractivity contribution in [3.8, 4) is 0 Å². The van der Waals surface area contributed by atoms with Gasteiger partial charge in [0.05, 0.1) is 6.26 Å². The van der Waals surface area contributed by atoms with Crippen molar-refractivity contribution in [3.05, 3.63) is 35.3 Å². The highest BCUT2D eigenvalue weighted by molar-refractivity contribution is 7.88. The standard InChI is InChI=1S/C19H25FN2O4S/c1-12-19(13-4-7-15(8-5-13)21(2)27(3,25)26)16-10-14(20)6-9-17(16)22(12)11-18(23)24/h6,9-10,13,15H,4-5,7-8,11H2,1-3H3,(H,23,24). The quantitative estimate of drug-likeness (QED) is 0.842. The van der Waals surface area contributed by atoms with Crippen LogP contribution in [0.4, 0.5) is 4.39 Å². The van der Waals surface area contributed by atoms with E-state index in [0.717, 1.165) is 47.8 Å². The summed E-state index contributed by atoms with van der Waals surface area (Å²) in [5.41, 5.74) is 2.56. The van der Waals surface area contributed by atoms with Crippen molar-refractivity contribution in [2.45, 2.75) is 51.1 Å². The average Bonchev–Trinajstić information content (AvgIpc) is 2.84. The van der Waals surface area contributed by atoms with E-state index < -0.39 is 16.0 Å². The smallest absolute Gasteiger partial charge is 0.323 e. The number of benzene rings is 1. The summed E-state index contributed by atoms with van der Waals surface area (Å²) in [5, 5.41) is 10.00. The maximum absolute atomic E-state index is 13.9. The highest BCUT2D eigenvalue weighted by atomic mass is 32.2. The van der Waals surface area contributed by atoms with Crippen LogP contribution in [0.1, 0.15) is 42.9 Å². The molecule has 1 saturated carbocycles. The molecule has 0 amide bonds. The number of hydrogen-bond donors (Lipinski definition) is 1. The molecule has 1 aromatic heterocycles. The Bertz CT molecular complexity index is 975. The number of hydrogen-bond acceptors (Lipinski definition) is 3. The number of carbonyl (C=O) groups is 1. The molecule has 0 spiro atoms. The predicted molar refractivity (Wildman–Crippen MR) is 102 cm³/mol. The molecule has 3 rings (SSSR count). The molecule has 1 heterocycles. The van der Waals surface area contributed by atoms with Gasteiger partial charge in [0.1, 0.15) is 12.4 Å². The molecule has 8 heteroatoms. The van der Waals surface area contributed by atoms with Gasteiger partial charge in [0.15, 0.2) is 0 Å². The SMILES string of the molecule is Cc1c(C2CCC(N(C)S(C)(=O)=O)CC2)c2cc(F)ccc2n1CC(=O)O. The fraction of sp³-hybridized carbons (Fsp3) is 0.526. The number of fused-ring (bicyclic) bond motifs is 1. The summed E-state index contributed by atoms with van der Waals surface area (Å²) in [7, 11) is -1.62. The largest absolute Gasteiger partial charge is 0.480 e. The summed E-state index contributed by atoms with van der Waals surface area (Å²) < 4.78 is 40.6. The lowest BCUT2D eigenvalue weighted by Crippen LogP contribution is -2.38. The number of sulfonamides is 1. The molecule has 1 aliphatic carbocycles. The molecule has 0 bridgehead atoms. The van der Waals surface area contributed by atoms with Crippen LogP contribution in [0.25, 0.3) is 10.9 Å². The second-order valence-corrected chi connectivity index (χ2v) is 9.47. The van der Waals surface area contributed by atoms with Crippen LogP contribution in [-0.4, -0.2) is 47.7 Å². The van der Waals surface area contributed by atoms with Crippen molar-refractivity contribution in [1.29, 1.82) is 0 Å². The van der Waals surface area contributed by atoms with Crippen molar-refractivity contribution in [3.63, 3.8) is 0 Å². The number of nitrogens with zero attached hydrogens (tertiary/aromatic N) is 2. The van der Waals surface area contributed by atoms with E-state index in [1.54, 1.807) is 17.7 Å². The zero-order valence-electron chi connectivity index (χ0n) is 15.8. The Kier molecular flexibility index (Phi) is 5.31. The Morgan fingerprint density at radius 1 is 1.30 bits per heavy atom. The molecule has 1 N–H and O–H groups in total. The number of halogens is 1. The molecule has 0 unspecified atom stereocenters. The summed E-state index contributed by atoms with van der Waals surface area (Å²) in [5.74, 6) is -1.13. The number of carboxylic acid groups (broad SMARTS) is 1. The first-order valence-electron chi connectivity index (χ1n) is 9.02. The molecule has 1 aliphatic rings. The molecule has 1 aromatic carbocycles. The van der Waals surface area contributed by atoms with Crippen molar-refractivity contribution in [2.24, 2.45) is 0 Å². The Hall–Kier alpha value is -1.93. The van der Waals surface area contributed by atoms with Crippen LogP contribution in [0.2, 0.25) is 0 Å². The molecule has 6 nitrogen and oxygen atoms in total. The topological polar surface area (TPSA) is 79.6 Å². The highest BCUT2D eigenvalue weighted by Crippen LogP contribution is 2.41. The third-order valence-electron chi connectivity index (χ3n) is 5.77. The second kappa shape index (κ2) is 7.24. The van der Waals surface area contributed by atoms with Gasteiger partial charge in [0.2, 0.25) is 10.0 Å². The summed E-state index contributed by atoms with van der Waals surface area (Å²) in [6.07, 6.45) is 4.25. The van der Waals surface area contributed by atoms with Crippen LogP contribution in [0.15, 0.2) is 18.2 Å². The van der Waals surface area contributed by atoms with Crippen LogP contribution in [-0.2, 0) is 21.4 Å². The monoisotopic (exact) mass is 396 g/mol. The number of carboxylic acids is 1. The van der Waals surface area contributed by atoms with Crippen molar-refractivity contribution < 1.29 is 22.7 Å². The number of rotatable bonds is 5. The lowest BCUT2D eigenvalue weighted by molar-refractivity contribution is -0.137. The highest BCUT2D eigenvalue weighted by Gasteiger charge is 2.31. The van der Waals surface area contributed by atoms with Gasteiger partial charge in [-0.2, -0.15) is 0 Å². The Morgan fingerprint density at radius 2 is 1.93 bits per heavy atom. The minimum absolute atomic E-state index is 0.0272. The minimum atomic E-state index is -3.23. The molecule has 27 heavy (non-hydrogen) atoms. The number of aromatic nitrogens is 1. The van der Waals surface area contributed by atoms with Gasteiger partial charge in [-0.1, -0.05) is 0 Å². The van der Waals surface area contributed by atoms with Gasteiger partial charge in [0.25, 0.3) is 0 Å². The van der Waals surface area contributed by atoms with Crippen LogP contribution in [0.5, 0.6) is 0 Å². The first kappa shape index (κ1) is 19.8. The van der Waals surface area contributed by atoms with E-state index in [1.807, 2.05) is 6.92 Å². The summed E-state index contributed by atoms with van der Waals surface area (Å²) in [6.45, 7) is 1.71. The maximum Gasteiger partial charge on any atom is 0.323 e. The molecule has 0 atom stereocenters. The second-order valence-electron chi connectivity index (χ2n) is 7.43. The van der Waals surface area contributed by atoms with Crippen molar-refractivity contribution >= 4 is 26.9 Å². The van der Waals surface area contributed by atoms with Crippen molar-refractivity contribution in [2.75, 3.05) is 13.3 Å². The van der Waals surface area contributed by atoms with Gasteiger partial charge in [-0.25, -0.2) is 17.1 Å². The van der Waals surface area contributed by atoms with Crippen molar-refractivity contribution in [1.82, 2.24) is 8.87 Å². The molecule has 0 aliphatic heterocycles. The molecule has 2 aromatic rings. The van der Waals surface area contributed by atoms with E-state index in [-0.39, 0.29) is 24.3 Å². The predicted octanol–water partition coefficient (Wildman–Crippen LogP) is 3.09. The minimum Gasteiger partial charge on any atom is -0.480 e. The Labute approximate surface area is 158 Å². The van der Waals surface area contributed by atoms with Crippen LogP contribution < -0.4 is 0 Å². The van der Waals surface area contributed by atoms with Gasteiger partial charge < -0.3 is 9.67 Å². The van der Waals surface area contributed by atoms with E-state index in [9.17, 15) is 22.7 Å². The van der Waals surface area contributed by atoms with Crippen LogP contribution in [0.3, 0.4) is 0 Å². The first-order valence-corrected chi connectivity index (χ1v) is 10.9. The number of aliphatic carboxylic acids is 1. The van der Waals surface area contributed by atoms with E-state index in [4.69, 9.17) is 0 Å². The van der Waals surface area contributed by atoms with Gasteiger partial charge in [-0.15, -0.1) is 0 Å². The zero-order chi connectivity index (χ0) is 19.9. The summed E-state index contributed by atoms with van der Waals surface area (Å²) in [6, 6.07) is 4.43. The third kappa shape index (κ3) is 3.87. The Balaban J connectivity index is 1.95. The third-order valence-corrected chi connectivity index (χ3v) is 7.11. The maximum atomic E-state index is 13.9. The summed E-state index contributed by atoms with van der Waals surface area (Å²) in [4.78, 5) is 11.3. The zero-order valence-corrected chi connectivity index (χ0v) is 16.6. The summed E-state index contributed by atoms with van der Waals surface area (Å²) >= 11 is 0. The van der Waals surface area contributed by atoms with Gasteiger partial charge in [-0.05, 0) is 62.3 Å². The molecular weight excluding hydrogens is 371 g/mol. The normalized spacial score (nSPS) is 21.1. The molecule has 0 radical (unpaired) electrons. The Morgan fingerprint density at radius 3 is 2.48 bits per heavy atom. The van der Waals surface area contributed by atoms with E-state index in [2.05, 4.69) is 0 Å². The van der Waals surface area contributed by atoms with Crippen LogP contribution in [0, 0.1) is 12.7 Å².